The molecule has 1 aromatic carbocycles. The van der Waals surface area contributed by atoms with Gasteiger partial charge in [0.05, 0.1) is 5.92 Å². The highest BCUT2D eigenvalue weighted by atomic mass is 16.1. The van der Waals surface area contributed by atoms with Gasteiger partial charge in [-0.05, 0) is 18.4 Å². The summed E-state index contributed by atoms with van der Waals surface area (Å²) in [6, 6.07) is 9.70. The summed E-state index contributed by atoms with van der Waals surface area (Å²) in [4.78, 5) is 22.8. The number of benzene rings is 1. The van der Waals surface area contributed by atoms with Gasteiger partial charge in [-0.25, -0.2) is 0 Å². The predicted octanol–water partition coefficient (Wildman–Crippen LogP) is 3.19. The lowest BCUT2D eigenvalue weighted by molar-refractivity contribution is -0.127. The molecule has 0 spiro atoms. The third-order valence-electron chi connectivity index (χ3n) is 2.90. The molecule has 0 N–H and O–H groups in total. The maximum Gasteiger partial charge on any atom is 0.143 e. The molecule has 0 amide bonds. The van der Waals surface area contributed by atoms with Crippen molar-refractivity contribution in [1.82, 2.24) is 0 Å². The summed E-state index contributed by atoms with van der Waals surface area (Å²) >= 11 is 0. The Morgan fingerprint density at radius 2 is 1.94 bits per heavy atom. The Hall–Kier alpha value is -1.44. The molecule has 0 saturated heterocycles. The Balaban J connectivity index is 2.48. The maximum atomic E-state index is 11.8. The molecule has 1 aromatic rings. The molecule has 2 heteroatoms. The molecule has 1 atom stereocenters. The number of carbonyl (C=O) groups is 2. The van der Waals surface area contributed by atoms with Crippen molar-refractivity contribution >= 4 is 12.1 Å². The molecule has 17 heavy (non-hydrogen) atoms. The van der Waals surface area contributed by atoms with Gasteiger partial charge in [-0.2, -0.15) is 0 Å². The second-order valence-corrected chi connectivity index (χ2v) is 4.36. The van der Waals surface area contributed by atoms with Gasteiger partial charge in [-0.1, -0.05) is 50.1 Å². The summed E-state index contributed by atoms with van der Waals surface area (Å²) in [5.74, 6) is -0.383. The number of aldehydes is 1. The number of hydrogen-bond acceptors (Lipinski definition) is 2. The highest BCUT2D eigenvalue weighted by Gasteiger charge is 2.17. The van der Waals surface area contributed by atoms with Crippen LogP contribution in [-0.4, -0.2) is 12.1 Å². The molecule has 0 saturated carbocycles. The zero-order chi connectivity index (χ0) is 12.5. The Kier molecular flexibility index (Phi) is 6.23. The lowest BCUT2D eigenvalue weighted by Gasteiger charge is -2.09. The molecular formula is C15H20O2. The van der Waals surface area contributed by atoms with Gasteiger partial charge < -0.3 is 4.79 Å². The van der Waals surface area contributed by atoms with Crippen LogP contribution in [0.15, 0.2) is 30.3 Å². The number of carbonyl (C=O) groups excluding carboxylic acids is 2. The molecule has 0 aliphatic rings. The third-order valence-corrected chi connectivity index (χ3v) is 2.90. The first-order valence-corrected chi connectivity index (χ1v) is 6.29. The van der Waals surface area contributed by atoms with Crippen LogP contribution in [0.3, 0.4) is 0 Å². The minimum absolute atomic E-state index is 0.0808. The van der Waals surface area contributed by atoms with Crippen LogP contribution in [0.2, 0.25) is 0 Å². The van der Waals surface area contributed by atoms with Crippen LogP contribution in [0.25, 0.3) is 0 Å². The van der Waals surface area contributed by atoms with E-state index in [9.17, 15) is 9.59 Å². The van der Waals surface area contributed by atoms with E-state index < -0.39 is 5.92 Å². The van der Waals surface area contributed by atoms with E-state index in [1.54, 1.807) is 0 Å². The van der Waals surface area contributed by atoms with Gasteiger partial charge in [0, 0.05) is 6.42 Å². The summed E-state index contributed by atoms with van der Waals surface area (Å²) < 4.78 is 0. The topological polar surface area (TPSA) is 34.1 Å². The van der Waals surface area contributed by atoms with Gasteiger partial charge in [0.1, 0.15) is 12.1 Å². The maximum absolute atomic E-state index is 11.8. The van der Waals surface area contributed by atoms with Gasteiger partial charge in [0.25, 0.3) is 0 Å². The fourth-order valence-electron chi connectivity index (χ4n) is 1.84. The molecule has 92 valence electrons. The second kappa shape index (κ2) is 7.77. The number of rotatable bonds is 8. The van der Waals surface area contributed by atoms with Crippen LogP contribution in [0.4, 0.5) is 0 Å². The van der Waals surface area contributed by atoms with Crippen LogP contribution in [0.1, 0.15) is 38.2 Å². The lowest BCUT2D eigenvalue weighted by atomic mass is 9.93. The van der Waals surface area contributed by atoms with Gasteiger partial charge >= 0.3 is 0 Å². The molecule has 0 bridgehead atoms. The quantitative estimate of drug-likeness (QED) is 0.392. The smallest absolute Gasteiger partial charge is 0.143 e. The van der Waals surface area contributed by atoms with Crippen molar-refractivity contribution < 1.29 is 9.59 Å². The summed E-state index contributed by atoms with van der Waals surface area (Å²) in [6.07, 6.45) is 4.91. The average molecular weight is 232 g/mol. The summed E-state index contributed by atoms with van der Waals surface area (Å²) in [7, 11) is 0. The molecule has 0 heterocycles. The highest BCUT2D eigenvalue weighted by Crippen LogP contribution is 2.11. The summed E-state index contributed by atoms with van der Waals surface area (Å²) in [6.45, 7) is 2.10. The van der Waals surface area contributed by atoms with E-state index in [0.29, 0.717) is 12.8 Å². The SMILES string of the molecule is CCCCCC(=O)C(C=O)Cc1ccccc1. The van der Waals surface area contributed by atoms with Crippen molar-refractivity contribution in [2.45, 2.75) is 39.0 Å². The van der Waals surface area contributed by atoms with Gasteiger partial charge in [-0.15, -0.1) is 0 Å². The first kappa shape index (κ1) is 13.6. The van der Waals surface area contributed by atoms with Crippen molar-refractivity contribution in [1.29, 1.82) is 0 Å². The first-order valence-electron chi connectivity index (χ1n) is 6.29. The highest BCUT2D eigenvalue weighted by molar-refractivity contribution is 5.93. The largest absolute Gasteiger partial charge is 0.303 e. The zero-order valence-electron chi connectivity index (χ0n) is 10.4. The number of ketones is 1. The molecule has 1 rings (SSSR count). The number of Topliss-reactive ketones (excluding diaryl/α,β-unsaturated/α-hetero) is 1. The molecule has 1 unspecified atom stereocenters. The van der Waals surface area contributed by atoms with Gasteiger partial charge in [-0.3, -0.25) is 4.79 Å². The van der Waals surface area contributed by atoms with Crippen molar-refractivity contribution in [3.63, 3.8) is 0 Å². The van der Waals surface area contributed by atoms with Crippen molar-refractivity contribution in [3.8, 4) is 0 Å². The fraction of sp³-hybridized carbons (Fsp3) is 0.467. The van der Waals surface area contributed by atoms with Crippen LogP contribution in [-0.2, 0) is 16.0 Å². The second-order valence-electron chi connectivity index (χ2n) is 4.36. The molecule has 0 aromatic heterocycles. The summed E-state index contributed by atoms with van der Waals surface area (Å²) in [5.41, 5.74) is 1.05. The van der Waals surface area contributed by atoms with Crippen LogP contribution in [0, 0.1) is 5.92 Å². The minimum atomic E-state index is -0.464. The molecule has 2 nitrogen and oxygen atoms in total. The van der Waals surface area contributed by atoms with Gasteiger partial charge in [0.2, 0.25) is 0 Å². The van der Waals surface area contributed by atoms with E-state index in [1.807, 2.05) is 30.3 Å². The lowest BCUT2D eigenvalue weighted by Crippen LogP contribution is -2.18. The fourth-order valence-corrected chi connectivity index (χ4v) is 1.84. The van der Waals surface area contributed by atoms with Gasteiger partial charge in [0.15, 0.2) is 0 Å². The molecule has 0 fully saturated rings. The van der Waals surface area contributed by atoms with E-state index in [0.717, 1.165) is 31.1 Å². The van der Waals surface area contributed by atoms with Crippen molar-refractivity contribution in [2.24, 2.45) is 5.92 Å². The van der Waals surface area contributed by atoms with E-state index in [2.05, 4.69) is 6.92 Å². The Bertz CT molecular complexity index is 343. The van der Waals surface area contributed by atoms with E-state index in [-0.39, 0.29) is 5.78 Å². The number of unbranched alkanes of at least 4 members (excludes halogenated alkanes) is 2. The normalized spacial score (nSPS) is 12.1. The summed E-state index contributed by atoms with van der Waals surface area (Å²) in [5, 5.41) is 0. The van der Waals surface area contributed by atoms with Crippen molar-refractivity contribution in [3.05, 3.63) is 35.9 Å². The van der Waals surface area contributed by atoms with E-state index in [4.69, 9.17) is 0 Å². The Morgan fingerprint density at radius 3 is 2.53 bits per heavy atom. The van der Waals surface area contributed by atoms with Crippen LogP contribution < -0.4 is 0 Å². The van der Waals surface area contributed by atoms with Crippen molar-refractivity contribution in [2.75, 3.05) is 0 Å². The molecule has 0 aliphatic heterocycles. The standard InChI is InChI=1S/C15H20O2/c1-2-3-5-10-15(17)14(12-16)11-13-8-6-4-7-9-13/h4,6-9,12,14H,2-3,5,10-11H2,1H3. The van der Waals surface area contributed by atoms with Crippen LogP contribution in [0.5, 0.6) is 0 Å². The Labute approximate surface area is 103 Å². The average Bonchev–Trinajstić information content (AvgIpc) is 2.37. The molecular weight excluding hydrogens is 212 g/mol. The van der Waals surface area contributed by atoms with E-state index in [1.165, 1.54) is 0 Å². The van der Waals surface area contributed by atoms with Crippen LogP contribution >= 0.6 is 0 Å². The zero-order valence-corrected chi connectivity index (χ0v) is 10.4. The predicted molar refractivity (Wildman–Crippen MR) is 68.8 cm³/mol. The molecule has 0 radical (unpaired) electrons. The number of hydrogen-bond donors (Lipinski definition) is 0. The molecule has 0 aliphatic carbocycles. The first-order chi connectivity index (χ1) is 8.27. The minimum Gasteiger partial charge on any atom is -0.303 e. The monoisotopic (exact) mass is 232 g/mol. The third kappa shape index (κ3) is 4.94. The Morgan fingerprint density at radius 1 is 1.24 bits per heavy atom. The van der Waals surface area contributed by atoms with E-state index >= 15 is 0 Å².